The topological polar surface area (TPSA) is 49.3 Å². The Kier molecular flexibility index (Phi) is 5.28. The molecule has 6 heteroatoms. The van der Waals surface area contributed by atoms with E-state index in [1.807, 2.05) is 4.90 Å². The molecule has 0 N–H and O–H groups in total. The number of nitrogens with zero attached hydrogens (tertiary/aromatic N) is 4. The van der Waals surface area contributed by atoms with Crippen LogP contribution in [0.15, 0.2) is 16.9 Å². The SMILES string of the molecule is O=C(CCC1CCCC1)N1CCN(c2ncc(Br)cn2)CC1. The number of anilines is 1. The van der Waals surface area contributed by atoms with Crippen LogP contribution in [0.3, 0.4) is 0 Å². The van der Waals surface area contributed by atoms with Crippen molar-refractivity contribution in [2.45, 2.75) is 38.5 Å². The van der Waals surface area contributed by atoms with Crippen LogP contribution in [0.4, 0.5) is 5.95 Å². The molecule has 2 heterocycles. The monoisotopic (exact) mass is 366 g/mol. The Bertz CT molecular complexity index is 493. The minimum absolute atomic E-state index is 0.322. The van der Waals surface area contributed by atoms with Crippen molar-refractivity contribution in [3.05, 3.63) is 16.9 Å². The second kappa shape index (κ2) is 7.40. The minimum atomic E-state index is 0.322. The summed E-state index contributed by atoms with van der Waals surface area (Å²) in [7, 11) is 0. The number of aromatic nitrogens is 2. The Morgan fingerprint density at radius 2 is 1.77 bits per heavy atom. The van der Waals surface area contributed by atoms with Crippen molar-refractivity contribution >= 4 is 27.8 Å². The normalized spacial score (nSPS) is 19.7. The number of rotatable bonds is 4. The molecule has 0 bridgehead atoms. The van der Waals surface area contributed by atoms with E-state index in [4.69, 9.17) is 0 Å². The number of carbonyl (C=O) groups excluding carboxylic acids is 1. The third kappa shape index (κ3) is 3.97. The fourth-order valence-electron chi connectivity index (χ4n) is 3.41. The van der Waals surface area contributed by atoms with Gasteiger partial charge in [-0.2, -0.15) is 0 Å². The van der Waals surface area contributed by atoms with Gasteiger partial charge >= 0.3 is 0 Å². The Morgan fingerprint density at radius 1 is 1.14 bits per heavy atom. The molecule has 1 saturated heterocycles. The summed E-state index contributed by atoms with van der Waals surface area (Å²) in [6.07, 6.45) is 10.7. The fraction of sp³-hybridized carbons (Fsp3) is 0.688. The molecule has 0 atom stereocenters. The first-order valence-corrected chi connectivity index (χ1v) is 9.02. The first kappa shape index (κ1) is 15.7. The predicted octanol–water partition coefficient (Wildman–Crippen LogP) is 2.86. The van der Waals surface area contributed by atoms with Crippen LogP contribution in [-0.2, 0) is 4.79 Å². The van der Waals surface area contributed by atoms with E-state index >= 15 is 0 Å². The lowest BCUT2D eigenvalue weighted by molar-refractivity contribution is -0.131. The Hall–Kier alpha value is -1.17. The summed E-state index contributed by atoms with van der Waals surface area (Å²) in [5, 5.41) is 0. The molecular formula is C16H23BrN4O. The first-order valence-electron chi connectivity index (χ1n) is 8.22. The number of halogens is 1. The molecular weight excluding hydrogens is 344 g/mol. The van der Waals surface area contributed by atoms with Gasteiger partial charge in [0, 0.05) is 45.0 Å². The lowest BCUT2D eigenvalue weighted by Gasteiger charge is -2.34. The van der Waals surface area contributed by atoms with E-state index < -0.39 is 0 Å². The lowest BCUT2D eigenvalue weighted by Crippen LogP contribution is -2.49. The highest BCUT2D eigenvalue weighted by Gasteiger charge is 2.23. The van der Waals surface area contributed by atoms with Crippen molar-refractivity contribution in [2.75, 3.05) is 31.1 Å². The van der Waals surface area contributed by atoms with E-state index in [0.717, 1.165) is 55.4 Å². The molecule has 1 aliphatic carbocycles. The maximum absolute atomic E-state index is 12.3. The average Bonchev–Trinajstić information content (AvgIpc) is 3.07. The lowest BCUT2D eigenvalue weighted by atomic mass is 10.0. The molecule has 1 aromatic heterocycles. The summed E-state index contributed by atoms with van der Waals surface area (Å²) in [5.74, 6) is 1.87. The molecule has 1 amide bonds. The predicted molar refractivity (Wildman–Crippen MR) is 89.7 cm³/mol. The second-order valence-corrected chi connectivity index (χ2v) is 7.17. The van der Waals surface area contributed by atoms with Crippen LogP contribution in [0, 0.1) is 5.92 Å². The van der Waals surface area contributed by atoms with Gasteiger partial charge in [0.25, 0.3) is 0 Å². The molecule has 120 valence electrons. The number of carbonyl (C=O) groups is 1. The Labute approximate surface area is 140 Å². The third-order valence-corrected chi connectivity index (χ3v) is 5.17. The zero-order chi connectivity index (χ0) is 15.4. The standard InChI is InChI=1S/C16H23BrN4O/c17-14-11-18-16(19-12-14)21-9-7-20(8-10-21)15(22)6-5-13-3-1-2-4-13/h11-13H,1-10H2. The first-order chi connectivity index (χ1) is 10.7. The maximum atomic E-state index is 12.3. The largest absolute Gasteiger partial charge is 0.339 e. The van der Waals surface area contributed by atoms with E-state index in [0.29, 0.717) is 5.91 Å². The molecule has 1 saturated carbocycles. The molecule has 0 radical (unpaired) electrons. The van der Waals surface area contributed by atoms with Crippen LogP contribution in [0.5, 0.6) is 0 Å². The Morgan fingerprint density at radius 3 is 2.41 bits per heavy atom. The van der Waals surface area contributed by atoms with E-state index in [1.54, 1.807) is 12.4 Å². The molecule has 5 nitrogen and oxygen atoms in total. The van der Waals surface area contributed by atoms with Crippen molar-refractivity contribution in [1.82, 2.24) is 14.9 Å². The smallest absolute Gasteiger partial charge is 0.225 e. The van der Waals surface area contributed by atoms with E-state index in [1.165, 1.54) is 25.7 Å². The van der Waals surface area contributed by atoms with Crippen molar-refractivity contribution in [1.29, 1.82) is 0 Å². The zero-order valence-corrected chi connectivity index (χ0v) is 14.5. The summed E-state index contributed by atoms with van der Waals surface area (Å²) in [5.41, 5.74) is 0. The molecule has 2 fully saturated rings. The molecule has 22 heavy (non-hydrogen) atoms. The number of hydrogen-bond acceptors (Lipinski definition) is 4. The molecule has 3 rings (SSSR count). The van der Waals surface area contributed by atoms with Gasteiger partial charge in [0.05, 0.1) is 4.47 Å². The van der Waals surface area contributed by atoms with E-state index in [2.05, 4.69) is 30.8 Å². The molecule has 0 unspecified atom stereocenters. The van der Waals surface area contributed by atoms with Crippen LogP contribution in [0.25, 0.3) is 0 Å². The molecule has 0 spiro atoms. The van der Waals surface area contributed by atoms with Crippen LogP contribution in [-0.4, -0.2) is 47.0 Å². The van der Waals surface area contributed by atoms with E-state index in [-0.39, 0.29) is 0 Å². The van der Waals surface area contributed by atoms with Gasteiger partial charge in [-0.1, -0.05) is 25.7 Å². The maximum Gasteiger partial charge on any atom is 0.225 e. The fourth-order valence-corrected chi connectivity index (χ4v) is 3.61. The highest BCUT2D eigenvalue weighted by atomic mass is 79.9. The van der Waals surface area contributed by atoms with Crippen molar-refractivity contribution in [3.8, 4) is 0 Å². The van der Waals surface area contributed by atoms with Crippen LogP contribution < -0.4 is 4.90 Å². The van der Waals surface area contributed by atoms with Crippen LogP contribution in [0.2, 0.25) is 0 Å². The van der Waals surface area contributed by atoms with Gasteiger partial charge in [-0.3, -0.25) is 4.79 Å². The van der Waals surface area contributed by atoms with Crippen molar-refractivity contribution < 1.29 is 4.79 Å². The van der Waals surface area contributed by atoms with Crippen LogP contribution >= 0.6 is 15.9 Å². The summed E-state index contributed by atoms with van der Waals surface area (Å²) in [6, 6.07) is 0. The average molecular weight is 367 g/mol. The molecule has 0 aromatic carbocycles. The Balaban J connectivity index is 1.44. The highest BCUT2D eigenvalue weighted by Crippen LogP contribution is 2.28. The van der Waals surface area contributed by atoms with Gasteiger partial charge < -0.3 is 9.80 Å². The summed E-state index contributed by atoms with van der Waals surface area (Å²) in [6.45, 7) is 3.19. The minimum Gasteiger partial charge on any atom is -0.339 e. The van der Waals surface area contributed by atoms with E-state index in [9.17, 15) is 4.79 Å². The highest BCUT2D eigenvalue weighted by molar-refractivity contribution is 9.10. The molecule has 1 aromatic rings. The zero-order valence-electron chi connectivity index (χ0n) is 12.9. The van der Waals surface area contributed by atoms with Gasteiger partial charge in [0.1, 0.15) is 0 Å². The van der Waals surface area contributed by atoms with Gasteiger partial charge in [0.15, 0.2) is 0 Å². The number of hydrogen-bond donors (Lipinski definition) is 0. The van der Waals surface area contributed by atoms with Crippen LogP contribution in [0.1, 0.15) is 38.5 Å². The quantitative estimate of drug-likeness (QED) is 0.821. The second-order valence-electron chi connectivity index (χ2n) is 6.26. The van der Waals surface area contributed by atoms with Crippen molar-refractivity contribution in [2.24, 2.45) is 5.92 Å². The molecule has 2 aliphatic rings. The van der Waals surface area contributed by atoms with Gasteiger partial charge in [0.2, 0.25) is 11.9 Å². The number of piperazine rings is 1. The number of amides is 1. The van der Waals surface area contributed by atoms with Gasteiger partial charge in [-0.15, -0.1) is 0 Å². The summed E-state index contributed by atoms with van der Waals surface area (Å²) >= 11 is 3.35. The van der Waals surface area contributed by atoms with Gasteiger partial charge in [-0.05, 0) is 28.3 Å². The van der Waals surface area contributed by atoms with Gasteiger partial charge in [-0.25, -0.2) is 9.97 Å². The summed E-state index contributed by atoms with van der Waals surface area (Å²) in [4.78, 5) is 25.1. The van der Waals surface area contributed by atoms with Crippen molar-refractivity contribution in [3.63, 3.8) is 0 Å². The summed E-state index contributed by atoms with van der Waals surface area (Å²) < 4.78 is 0.886. The third-order valence-electron chi connectivity index (χ3n) is 4.76. The molecule has 1 aliphatic heterocycles.